The summed E-state index contributed by atoms with van der Waals surface area (Å²) in [6, 6.07) is 7.62. The first-order valence-electron chi connectivity index (χ1n) is 15.3. The number of hydrogen-bond donors (Lipinski definition) is 0. The number of nitrogens with zero attached hydrogens (tertiary/aromatic N) is 7. The standard InChI is InChI=1S/C32H40FN7O3/c1-4-30(41)40-15-14-38(18-24(40)11-12-34)31-25-10-9-23(39-13-5-6-21-7-8-22(33)16-27(21)39)17-26(25)35-32(36-31)43-29-20-37(2)19-28(29)42-3/h4,7-8,16,23-24,28-29H,1,5-6,9-11,13-15,17-20H2,2-3H3/t23-,24+,28-,29-/m1/s1. The van der Waals surface area contributed by atoms with E-state index in [-0.39, 0.29) is 42.4 Å². The molecule has 1 amide bonds. The van der Waals surface area contributed by atoms with Crippen molar-refractivity contribution in [3.63, 3.8) is 0 Å². The van der Waals surface area contributed by atoms with Gasteiger partial charge in [0.25, 0.3) is 0 Å². The molecule has 0 spiro atoms. The molecule has 4 aliphatic rings. The highest BCUT2D eigenvalue weighted by Gasteiger charge is 2.37. The van der Waals surface area contributed by atoms with Gasteiger partial charge in [-0.25, -0.2) is 4.39 Å². The maximum Gasteiger partial charge on any atom is 0.319 e. The van der Waals surface area contributed by atoms with Crippen LogP contribution in [0.5, 0.6) is 6.01 Å². The Morgan fingerprint density at radius 3 is 2.81 bits per heavy atom. The Labute approximate surface area is 252 Å². The summed E-state index contributed by atoms with van der Waals surface area (Å²) in [6.45, 7) is 7.55. The Morgan fingerprint density at radius 1 is 1.19 bits per heavy atom. The first-order chi connectivity index (χ1) is 20.9. The van der Waals surface area contributed by atoms with Gasteiger partial charge in [0, 0.05) is 70.1 Å². The Balaban J connectivity index is 1.33. The molecule has 1 aromatic heterocycles. The van der Waals surface area contributed by atoms with Crippen LogP contribution >= 0.6 is 0 Å². The lowest BCUT2D eigenvalue weighted by Gasteiger charge is -2.43. The van der Waals surface area contributed by atoms with E-state index in [1.165, 1.54) is 11.6 Å². The third-order valence-electron chi connectivity index (χ3n) is 9.37. The van der Waals surface area contributed by atoms with Gasteiger partial charge in [-0.2, -0.15) is 15.2 Å². The van der Waals surface area contributed by atoms with Gasteiger partial charge in [0.1, 0.15) is 23.8 Å². The quantitative estimate of drug-likeness (QED) is 0.452. The Bertz CT molecular complexity index is 1410. The van der Waals surface area contributed by atoms with E-state index >= 15 is 0 Å². The molecular formula is C32H40FN7O3. The molecule has 43 heavy (non-hydrogen) atoms. The molecule has 1 aliphatic carbocycles. The number of rotatable bonds is 7. The maximum absolute atomic E-state index is 14.3. The molecule has 0 radical (unpaired) electrons. The number of hydrogen-bond acceptors (Lipinski definition) is 9. The second kappa shape index (κ2) is 12.5. The molecular weight excluding hydrogens is 549 g/mol. The molecule has 4 heterocycles. The molecule has 0 saturated carbocycles. The van der Waals surface area contributed by atoms with Crippen LogP contribution in [0.1, 0.15) is 36.1 Å². The van der Waals surface area contributed by atoms with Crippen LogP contribution in [0, 0.1) is 17.1 Å². The zero-order valence-electron chi connectivity index (χ0n) is 25.0. The van der Waals surface area contributed by atoms with Crippen LogP contribution in [-0.2, 0) is 28.8 Å². The van der Waals surface area contributed by atoms with E-state index in [0.29, 0.717) is 38.6 Å². The van der Waals surface area contributed by atoms with Crippen LogP contribution in [0.2, 0.25) is 0 Å². The predicted molar refractivity (Wildman–Crippen MR) is 161 cm³/mol. The van der Waals surface area contributed by atoms with Crippen molar-refractivity contribution in [1.29, 1.82) is 5.26 Å². The van der Waals surface area contributed by atoms with Gasteiger partial charge in [-0.3, -0.25) is 9.69 Å². The average Bonchev–Trinajstić information content (AvgIpc) is 3.38. The number of carbonyl (C=O) groups excluding carboxylic acids is 1. The number of anilines is 2. The highest BCUT2D eigenvalue weighted by atomic mass is 19.1. The summed E-state index contributed by atoms with van der Waals surface area (Å²) in [5, 5.41) is 9.53. The molecule has 0 N–H and O–H groups in total. The van der Waals surface area contributed by atoms with Crippen molar-refractivity contribution in [1.82, 2.24) is 19.8 Å². The fourth-order valence-corrected chi connectivity index (χ4v) is 7.23. The van der Waals surface area contributed by atoms with Gasteiger partial charge in [0.2, 0.25) is 5.91 Å². The van der Waals surface area contributed by atoms with Crippen molar-refractivity contribution in [2.24, 2.45) is 0 Å². The van der Waals surface area contributed by atoms with Gasteiger partial charge in [0.05, 0.1) is 24.2 Å². The Kier molecular flexibility index (Phi) is 8.50. The minimum absolute atomic E-state index is 0.0888. The van der Waals surface area contributed by atoms with E-state index in [1.54, 1.807) is 24.1 Å². The lowest BCUT2D eigenvalue weighted by molar-refractivity contribution is -0.128. The number of amides is 1. The summed E-state index contributed by atoms with van der Waals surface area (Å²) in [4.78, 5) is 31.0. The number of likely N-dealkylation sites (N-methyl/N-ethyl adjacent to an activating group) is 1. The molecule has 2 saturated heterocycles. The first-order valence-corrected chi connectivity index (χ1v) is 15.3. The summed E-state index contributed by atoms with van der Waals surface area (Å²) < 4.78 is 26.5. The number of piperazine rings is 1. The van der Waals surface area contributed by atoms with Gasteiger partial charge >= 0.3 is 6.01 Å². The van der Waals surface area contributed by atoms with Crippen LogP contribution in [0.4, 0.5) is 15.9 Å². The summed E-state index contributed by atoms with van der Waals surface area (Å²) >= 11 is 0. The van der Waals surface area contributed by atoms with E-state index in [4.69, 9.17) is 19.4 Å². The molecule has 2 fully saturated rings. The normalized spacial score (nSPS) is 25.6. The number of aryl methyl sites for hydroxylation is 1. The molecule has 228 valence electrons. The second-order valence-electron chi connectivity index (χ2n) is 12.1. The molecule has 6 rings (SSSR count). The predicted octanol–water partition coefficient (Wildman–Crippen LogP) is 2.75. The number of benzene rings is 1. The monoisotopic (exact) mass is 589 g/mol. The third-order valence-corrected chi connectivity index (χ3v) is 9.37. The highest BCUT2D eigenvalue weighted by molar-refractivity contribution is 5.87. The Hall–Kier alpha value is -3.75. The molecule has 11 heteroatoms. The third kappa shape index (κ3) is 5.91. The van der Waals surface area contributed by atoms with E-state index in [0.717, 1.165) is 61.5 Å². The van der Waals surface area contributed by atoms with Crippen molar-refractivity contribution < 1.29 is 18.7 Å². The number of fused-ring (bicyclic) bond motifs is 2. The van der Waals surface area contributed by atoms with Crippen molar-refractivity contribution in [3.8, 4) is 12.1 Å². The minimum atomic E-state index is -0.267. The van der Waals surface area contributed by atoms with Gasteiger partial charge in [-0.05, 0) is 56.5 Å². The number of methoxy groups -OCH3 is 1. The zero-order chi connectivity index (χ0) is 30.1. The van der Waals surface area contributed by atoms with Gasteiger partial charge in [0.15, 0.2) is 0 Å². The molecule has 1 aromatic carbocycles. The van der Waals surface area contributed by atoms with Crippen molar-refractivity contribution in [2.45, 2.75) is 62.8 Å². The minimum Gasteiger partial charge on any atom is -0.456 e. The summed E-state index contributed by atoms with van der Waals surface area (Å²) in [5.41, 5.74) is 4.22. The number of halogens is 1. The fraction of sp³-hybridized carbons (Fsp3) is 0.562. The molecule has 4 atom stereocenters. The van der Waals surface area contributed by atoms with Crippen molar-refractivity contribution >= 4 is 17.4 Å². The fourth-order valence-electron chi connectivity index (χ4n) is 7.23. The number of likely N-dealkylation sites (tertiary alicyclic amines) is 1. The highest BCUT2D eigenvalue weighted by Crippen LogP contribution is 2.37. The molecule has 10 nitrogen and oxygen atoms in total. The van der Waals surface area contributed by atoms with Crippen molar-refractivity contribution in [3.05, 3.63) is 53.5 Å². The number of nitriles is 1. The molecule has 2 aromatic rings. The summed E-state index contributed by atoms with van der Waals surface area (Å²) in [5.74, 6) is 0.445. The van der Waals surface area contributed by atoms with E-state index in [1.807, 2.05) is 13.1 Å². The largest absolute Gasteiger partial charge is 0.456 e. The summed E-state index contributed by atoms with van der Waals surface area (Å²) in [6.07, 6.45) is 5.62. The van der Waals surface area contributed by atoms with Crippen LogP contribution in [0.3, 0.4) is 0 Å². The van der Waals surface area contributed by atoms with E-state index < -0.39 is 0 Å². The molecule has 0 bridgehead atoms. The van der Waals surface area contributed by atoms with Crippen LogP contribution in [-0.4, -0.2) is 103 Å². The lowest BCUT2D eigenvalue weighted by Crippen LogP contribution is -2.55. The van der Waals surface area contributed by atoms with Crippen LogP contribution in [0.15, 0.2) is 30.9 Å². The van der Waals surface area contributed by atoms with Gasteiger partial charge in [-0.15, -0.1) is 0 Å². The Morgan fingerprint density at radius 2 is 2.02 bits per heavy atom. The SMILES string of the molecule is C=CC(=O)N1CCN(c2nc(O[C@@H]3CN(C)C[C@H]3OC)nc3c2CC[C@@H](N2CCCc4ccc(F)cc42)C3)C[C@@H]1CC#N. The number of ether oxygens (including phenoxy) is 2. The van der Waals surface area contributed by atoms with Crippen LogP contribution in [0.25, 0.3) is 0 Å². The van der Waals surface area contributed by atoms with Gasteiger partial charge in [-0.1, -0.05) is 12.6 Å². The zero-order valence-corrected chi connectivity index (χ0v) is 25.0. The van der Waals surface area contributed by atoms with Crippen molar-refractivity contribution in [2.75, 3.05) is 63.2 Å². The molecule has 0 unspecified atom stereocenters. The van der Waals surface area contributed by atoms with Crippen LogP contribution < -0.4 is 14.5 Å². The van der Waals surface area contributed by atoms with E-state index in [9.17, 15) is 14.4 Å². The lowest BCUT2D eigenvalue weighted by atomic mass is 9.88. The second-order valence-corrected chi connectivity index (χ2v) is 12.1. The maximum atomic E-state index is 14.3. The summed E-state index contributed by atoms with van der Waals surface area (Å²) in [7, 11) is 3.74. The number of carbonyl (C=O) groups is 1. The smallest absolute Gasteiger partial charge is 0.319 e. The topological polar surface area (TPSA) is 98.1 Å². The first kappa shape index (κ1) is 29.3. The van der Waals surface area contributed by atoms with Gasteiger partial charge < -0.3 is 24.2 Å². The molecule has 3 aliphatic heterocycles. The average molecular weight is 590 g/mol. The number of aromatic nitrogens is 2. The van der Waals surface area contributed by atoms with E-state index in [2.05, 4.69) is 27.3 Å².